The van der Waals surface area contributed by atoms with Crippen molar-refractivity contribution in [3.63, 3.8) is 0 Å². The van der Waals surface area contributed by atoms with E-state index >= 15 is 0 Å². The summed E-state index contributed by atoms with van der Waals surface area (Å²) >= 11 is 0. The van der Waals surface area contributed by atoms with Gasteiger partial charge in [0.2, 0.25) is 10.0 Å². The molecule has 7 heteroatoms. The van der Waals surface area contributed by atoms with Crippen molar-refractivity contribution in [2.24, 2.45) is 0 Å². The zero-order valence-electron chi connectivity index (χ0n) is 11.9. The van der Waals surface area contributed by atoms with Gasteiger partial charge >= 0.3 is 5.97 Å². The standard InChI is InChI=1S/C14H19NO5S/c1-10-8-12(16)11(14(17)18)9-13(10)21(19,20)15-6-4-2-3-5-7-15/h8-9,16H,2-7H2,1H3,(H,17,18). The van der Waals surface area contributed by atoms with Gasteiger partial charge in [0.25, 0.3) is 0 Å². The summed E-state index contributed by atoms with van der Waals surface area (Å²) in [6, 6.07) is 2.24. The first-order valence-corrected chi connectivity index (χ1v) is 8.35. The molecule has 1 aliphatic heterocycles. The SMILES string of the molecule is Cc1cc(O)c(C(=O)O)cc1S(=O)(=O)N1CCCCCC1. The highest BCUT2D eigenvalue weighted by Gasteiger charge is 2.28. The number of hydrogen-bond acceptors (Lipinski definition) is 4. The zero-order chi connectivity index (χ0) is 15.6. The van der Waals surface area contributed by atoms with Gasteiger partial charge in [-0.15, -0.1) is 0 Å². The molecule has 0 atom stereocenters. The maximum absolute atomic E-state index is 12.7. The summed E-state index contributed by atoms with van der Waals surface area (Å²) in [4.78, 5) is 11.0. The number of phenols is 1. The molecule has 1 heterocycles. The van der Waals surface area contributed by atoms with Crippen molar-refractivity contribution >= 4 is 16.0 Å². The normalized spacial score (nSPS) is 17.4. The molecule has 6 nitrogen and oxygen atoms in total. The zero-order valence-corrected chi connectivity index (χ0v) is 12.7. The molecule has 0 unspecified atom stereocenters. The maximum atomic E-state index is 12.7. The molecule has 1 saturated heterocycles. The van der Waals surface area contributed by atoms with Crippen LogP contribution in [0.5, 0.6) is 5.75 Å². The second kappa shape index (κ2) is 6.03. The molecule has 1 aromatic rings. The number of carbonyl (C=O) groups is 1. The molecule has 2 N–H and O–H groups in total. The second-order valence-corrected chi connectivity index (χ2v) is 7.16. The first-order chi connectivity index (χ1) is 9.84. The van der Waals surface area contributed by atoms with E-state index < -0.39 is 27.3 Å². The third kappa shape index (κ3) is 3.19. The van der Waals surface area contributed by atoms with Gasteiger partial charge in [0.15, 0.2) is 0 Å². The number of benzene rings is 1. The van der Waals surface area contributed by atoms with Crippen LogP contribution in [0.15, 0.2) is 17.0 Å². The Morgan fingerprint density at radius 1 is 1.14 bits per heavy atom. The van der Waals surface area contributed by atoms with E-state index in [-0.39, 0.29) is 4.90 Å². The van der Waals surface area contributed by atoms with Gasteiger partial charge in [0.05, 0.1) is 4.90 Å². The smallest absolute Gasteiger partial charge is 0.339 e. The van der Waals surface area contributed by atoms with Gasteiger partial charge in [-0.1, -0.05) is 12.8 Å². The van der Waals surface area contributed by atoms with E-state index in [9.17, 15) is 18.3 Å². The number of rotatable bonds is 3. The highest BCUT2D eigenvalue weighted by molar-refractivity contribution is 7.89. The van der Waals surface area contributed by atoms with Crippen LogP contribution in [0.25, 0.3) is 0 Å². The average molecular weight is 313 g/mol. The van der Waals surface area contributed by atoms with E-state index in [1.54, 1.807) is 6.92 Å². The quantitative estimate of drug-likeness (QED) is 0.889. The summed E-state index contributed by atoms with van der Waals surface area (Å²) in [5.41, 5.74) is -0.0456. The molecule has 0 radical (unpaired) electrons. The Balaban J connectivity index is 2.48. The van der Waals surface area contributed by atoms with Crippen molar-refractivity contribution in [2.45, 2.75) is 37.5 Å². The number of sulfonamides is 1. The molecule has 2 rings (SSSR count). The third-order valence-electron chi connectivity index (χ3n) is 3.71. The van der Waals surface area contributed by atoms with E-state index in [1.807, 2.05) is 0 Å². The molecule has 0 amide bonds. The molecule has 21 heavy (non-hydrogen) atoms. The Labute approximate surface area is 124 Å². The van der Waals surface area contributed by atoms with Crippen LogP contribution in [0.4, 0.5) is 0 Å². The number of aromatic carboxylic acids is 1. The lowest BCUT2D eigenvalue weighted by Crippen LogP contribution is -2.32. The Morgan fingerprint density at radius 2 is 1.71 bits per heavy atom. The van der Waals surface area contributed by atoms with Gasteiger partial charge in [0, 0.05) is 13.1 Å². The Morgan fingerprint density at radius 3 is 2.24 bits per heavy atom. The minimum absolute atomic E-state index is 0.0420. The van der Waals surface area contributed by atoms with Crippen LogP contribution < -0.4 is 0 Å². The van der Waals surface area contributed by atoms with Crippen molar-refractivity contribution in [3.8, 4) is 5.75 Å². The molecular weight excluding hydrogens is 294 g/mol. The lowest BCUT2D eigenvalue weighted by atomic mass is 10.1. The van der Waals surface area contributed by atoms with Crippen molar-refractivity contribution < 1.29 is 23.4 Å². The predicted molar refractivity (Wildman–Crippen MR) is 77.0 cm³/mol. The first-order valence-electron chi connectivity index (χ1n) is 6.91. The first kappa shape index (κ1) is 15.8. The Kier molecular flexibility index (Phi) is 4.53. The van der Waals surface area contributed by atoms with E-state index in [4.69, 9.17) is 5.11 Å². The van der Waals surface area contributed by atoms with E-state index in [0.29, 0.717) is 18.7 Å². The van der Waals surface area contributed by atoms with Crippen LogP contribution >= 0.6 is 0 Å². The maximum Gasteiger partial charge on any atom is 0.339 e. The topological polar surface area (TPSA) is 94.9 Å². The number of aromatic hydroxyl groups is 1. The molecule has 0 saturated carbocycles. The van der Waals surface area contributed by atoms with Crippen molar-refractivity contribution in [1.29, 1.82) is 0 Å². The molecule has 116 valence electrons. The van der Waals surface area contributed by atoms with Crippen molar-refractivity contribution in [3.05, 3.63) is 23.3 Å². The average Bonchev–Trinajstić information content (AvgIpc) is 2.67. The highest BCUT2D eigenvalue weighted by Crippen LogP contribution is 2.28. The van der Waals surface area contributed by atoms with E-state index in [0.717, 1.165) is 31.7 Å². The van der Waals surface area contributed by atoms with Crippen LogP contribution in [-0.2, 0) is 10.0 Å². The molecular formula is C14H19NO5S. The van der Waals surface area contributed by atoms with Gasteiger partial charge in [-0.05, 0) is 37.5 Å². The largest absolute Gasteiger partial charge is 0.507 e. The van der Waals surface area contributed by atoms with Crippen molar-refractivity contribution in [2.75, 3.05) is 13.1 Å². The molecule has 1 aromatic carbocycles. The molecule has 0 bridgehead atoms. The van der Waals surface area contributed by atoms with E-state index in [1.165, 1.54) is 10.4 Å². The van der Waals surface area contributed by atoms with Crippen LogP contribution in [-0.4, -0.2) is 42.0 Å². The second-order valence-electron chi connectivity index (χ2n) is 5.26. The van der Waals surface area contributed by atoms with Gasteiger partial charge in [-0.2, -0.15) is 4.31 Å². The molecule has 0 aliphatic carbocycles. The molecule has 1 aliphatic rings. The number of carboxylic acids is 1. The molecule has 0 spiro atoms. The lowest BCUT2D eigenvalue weighted by Gasteiger charge is -2.21. The monoisotopic (exact) mass is 313 g/mol. The van der Waals surface area contributed by atoms with Crippen molar-refractivity contribution in [1.82, 2.24) is 4.31 Å². The number of aryl methyl sites for hydroxylation is 1. The number of carboxylic acid groups (broad SMARTS) is 1. The van der Waals surface area contributed by atoms with E-state index in [2.05, 4.69) is 0 Å². The Bertz CT molecular complexity index is 646. The van der Waals surface area contributed by atoms with Gasteiger partial charge in [0.1, 0.15) is 11.3 Å². The van der Waals surface area contributed by atoms with Gasteiger partial charge in [-0.25, -0.2) is 13.2 Å². The summed E-state index contributed by atoms with van der Waals surface area (Å²) in [6.45, 7) is 2.45. The summed E-state index contributed by atoms with van der Waals surface area (Å²) in [5.74, 6) is -1.77. The fourth-order valence-corrected chi connectivity index (χ4v) is 4.29. The number of nitrogens with zero attached hydrogens (tertiary/aromatic N) is 1. The summed E-state index contributed by atoms with van der Waals surface area (Å²) < 4.78 is 26.8. The number of hydrogen-bond donors (Lipinski definition) is 2. The van der Waals surface area contributed by atoms with Gasteiger partial charge in [-0.3, -0.25) is 0 Å². The summed E-state index contributed by atoms with van der Waals surface area (Å²) in [7, 11) is -3.73. The fourth-order valence-electron chi connectivity index (χ4n) is 2.54. The predicted octanol–water partition coefficient (Wildman–Crippen LogP) is 1.96. The summed E-state index contributed by atoms with van der Waals surface area (Å²) in [5, 5.41) is 18.7. The van der Waals surface area contributed by atoms with Crippen LogP contribution in [0.1, 0.15) is 41.6 Å². The van der Waals surface area contributed by atoms with Crippen LogP contribution in [0.2, 0.25) is 0 Å². The summed E-state index contributed by atoms with van der Waals surface area (Å²) in [6.07, 6.45) is 3.62. The van der Waals surface area contributed by atoms with Crippen LogP contribution in [0.3, 0.4) is 0 Å². The Hall–Kier alpha value is -1.60. The minimum atomic E-state index is -3.73. The highest BCUT2D eigenvalue weighted by atomic mass is 32.2. The fraction of sp³-hybridized carbons (Fsp3) is 0.500. The van der Waals surface area contributed by atoms with Gasteiger partial charge < -0.3 is 10.2 Å². The minimum Gasteiger partial charge on any atom is -0.507 e. The lowest BCUT2D eigenvalue weighted by molar-refractivity contribution is 0.0693. The third-order valence-corrected chi connectivity index (χ3v) is 5.75. The molecule has 1 fully saturated rings. The van der Waals surface area contributed by atoms with Crippen LogP contribution in [0, 0.1) is 6.92 Å². The molecule has 0 aromatic heterocycles.